The van der Waals surface area contributed by atoms with E-state index in [2.05, 4.69) is 27.8 Å². The molecular weight excluding hydrogens is 326 g/mol. The Bertz CT molecular complexity index is 547. The van der Waals surface area contributed by atoms with Crippen molar-refractivity contribution in [2.75, 3.05) is 7.11 Å². The second-order valence-electron chi connectivity index (χ2n) is 4.36. The Hall–Kier alpha value is -1.06. The minimum Gasteiger partial charge on any atom is -0.496 e. The second kappa shape index (κ2) is 6.40. The summed E-state index contributed by atoms with van der Waals surface area (Å²) in [6.07, 6.45) is 3.58. The van der Waals surface area contributed by atoms with Crippen molar-refractivity contribution in [1.82, 2.24) is 4.98 Å². The highest BCUT2D eigenvalue weighted by molar-refractivity contribution is 9.10. The van der Waals surface area contributed by atoms with Gasteiger partial charge < -0.3 is 4.74 Å². The Labute approximate surface area is 126 Å². The maximum Gasteiger partial charge on any atom is 0.133 e. The molecule has 4 heteroatoms. The van der Waals surface area contributed by atoms with E-state index in [1.54, 1.807) is 19.5 Å². The lowest BCUT2D eigenvalue weighted by atomic mass is 9.94. The van der Waals surface area contributed by atoms with Gasteiger partial charge in [0.05, 0.1) is 17.0 Å². The van der Waals surface area contributed by atoms with Crippen LogP contribution in [0.4, 0.5) is 0 Å². The largest absolute Gasteiger partial charge is 0.496 e. The Morgan fingerprint density at radius 3 is 2.42 bits per heavy atom. The van der Waals surface area contributed by atoms with Crippen LogP contribution in [0.2, 0.25) is 0 Å². The summed E-state index contributed by atoms with van der Waals surface area (Å²) in [5.41, 5.74) is 2.25. The molecule has 0 saturated heterocycles. The summed E-state index contributed by atoms with van der Waals surface area (Å²) >= 11 is 10.1. The van der Waals surface area contributed by atoms with Crippen molar-refractivity contribution >= 4 is 27.5 Å². The smallest absolute Gasteiger partial charge is 0.133 e. The van der Waals surface area contributed by atoms with Crippen LogP contribution in [0.25, 0.3) is 0 Å². The first-order valence-corrected chi connectivity index (χ1v) is 7.24. The molecule has 1 aromatic heterocycles. The molecule has 0 aliphatic carbocycles. The third-order valence-electron chi connectivity index (χ3n) is 3.17. The molecule has 2 rings (SSSR count). The van der Waals surface area contributed by atoms with Crippen LogP contribution in [-0.2, 0) is 0 Å². The standard InChI is InChI=1S/C15H15BrClNO/c1-10(11-5-7-18-8-6-11)15(17)12-3-4-14(19-2)13(16)9-12/h3-10,15H,1-2H3. The van der Waals surface area contributed by atoms with E-state index < -0.39 is 0 Å². The molecule has 1 aromatic carbocycles. The first-order valence-electron chi connectivity index (χ1n) is 6.01. The summed E-state index contributed by atoms with van der Waals surface area (Å²) < 4.78 is 6.14. The minimum atomic E-state index is -0.0930. The molecule has 100 valence electrons. The van der Waals surface area contributed by atoms with Crippen LogP contribution < -0.4 is 4.74 Å². The summed E-state index contributed by atoms with van der Waals surface area (Å²) in [4.78, 5) is 4.03. The molecular formula is C15H15BrClNO. The lowest BCUT2D eigenvalue weighted by Gasteiger charge is -2.19. The van der Waals surface area contributed by atoms with Gasteiger partial charge in [-0.2, -0.15) is 0 Å². The molecule has 0 radical (unpaired) electrons. The maximum atomic E-state index is 6.58. The zero-order valence-corrected chi connectivity index (χ0v) is 13.1. The molecule has 0 bridgehead atoms. The van der Waals surface area contributed by atoms with Crippen molar-refractivity contribution in [2.24, 2.45) is 0 Å². The molecule has 2 nitrogen and oxygen atoms in total. The number of alkyl halides is 1. The van der Waals surface area contributed by atoms with Crippen LogP contribution in [0.5, 0.6) is 5.75 Å². The SMILES string of the molecule is COc1ccc(C(Cl)C(C)c2ccncc2)cc1Br. The molecule has 0 fully saturated rings. The van der Waals surface area contributed by atoms with Crippen molar-refractivity contribution in [3.63, 3.8) is 0 Å². The van der Waals surface area contributed by atoms with Gasteiger partial charge in [0.25, 0.3) is 0 Å². The van der Waals surface area contributed by atoms with E-state index in [1.807, 2.05) is 30.3 Å². The van der Waals surface area contributed by atoms with Crippen LogP contribution in [0.3, 0.4) is 0 Å². The summed E-state index contributed by atoms with van der Waals surface area (Å²) in [7, 11) is 1.65. The van der Waals surface area contributed by atoms with Crippen molar-refractivity contribution in [3.8, 4) is 5.75 Å². The van der Waals surface area contributed by atoms with E-state index >= 15 is 0 Å². The molecule has 1 heterocycles. The fraction of sp³-hybridized carbons (Fsp3) is 0.267. The van der Waals surface area contributed by atoms with Gasteiger partial charge in [-0.15, -0.1) is 11.6 Å². The summed E-state index contributed by atoms with van der Waals surface area (Å²) in [6.45, 7) is 2.12. The van der Waals surface area contributed by atoms with Gasteiger partial charge in [-0.1, -0.05) is 13.0 Å². The number of ether oxygens (including phenoxy) is 1. The first-order chi connectivity index (χ1) is 9.13. The van der Waals surface area contributed by atoms with Crippen LogP contribution in [0.15, 0.2) is 47.2 Å². The number of nitrogens with zero attached hydrogens (tertiary/aromatic N) is 1. The Kier molecular flexibility index (Phi) is 4.83. The summed E-state index contributed by atoms with van der Waals surface area (Å²) in [6, 6.07) is 9.93. The lowest BCUT2D eigenvalue weighted by molar-refractivity contribution is 0.412. The normalized spacial score (nSPS) is 13.9. The number of hydrogen-bond acceptors (Lipinski definition) is 2. The topological polar surface area (TPSA) is 22.1 Å². The highest BCUT2D eigenvalue weighted by Gasteiger charge is 2.19. The Morgan fingerprint density at radius 1 is 1.16 bits per heavy atom. The van der Waals surface area contributed by atoms with E-state index in [0.29, 0.717) is 0 Å². The lowest BCUT2D eigenvalue weighted by Crippen LogP contribution is -2.03. The number of halogens is 2. The van der Waals surface area contributed by atoms with Crippen molar-refractivity contribution in [2.45, 2.75) is 18.2 Å². The molecule has 0 N–H and O–H groups in total. The highest BCUT2D eigenvalue weighted by Crippen LogP contribution is 2.38. The predicted molar refractivity (Wildman–Crippen MR) is 81.9 cm³/mol. The number of pyridine rings is 1. The number of benzene rings is 1. The van der Waals surface area contributed by atoms with Gasteiger partial charge in [0.15, 0.2) is 0 Å². The number of methoxy groups -OCH3 is 1. The summed E-state index contributed by atoms with van der Waals surface area (Å²) in [5, 5.41) is -0.0930. The van der Waals surface area contributed by atoms with Crippen LogP contribution in [0.1, 0.15) is 29.3 Å². The Balaban J connectivity index is 2.24. The maximum absolute atomic E-state index is 6.58. The van der Waals surface area contributed by atoms with Gasteiger partial charge >= 0.3 is 0 Å². The van der Waals surface area contributed by atoms with Gasteiger partial charge in [0, 0.05) is 18.3 Å². The molecule has 0 saturated carbocycles. The molecule has 19 heavy (non-hydrogen) atoms. The van der Waals surface area contributed by atoms with E-state index in [4.69, 9.17) is 16.3 Å². The van der Waals surface area contributed by atoms with E-state index in [0.717, 1.165) is 15.8 Å². The van der Waals surface area contributed by atoms with E-state index in [-0.39, 0.29) is 11.3 Å². The monoisotopic (exact) mass is 339 g/mol. The van der Waals surface area contributed by atoms with Gasteiger partial charge in [-0.25, -0.2) is 0 Å². The van der Waals surface area contributed by atoms with Gasteiger partial charge in [-0.05, 0) is 51.3 Å². The zero-order valence-electron chi connectivity index (χ0n) is 10.8. The van der Waals surface area contributed by atoms with E-state index in [9.17, 15) is 0 Å². The average Bonchev–Trinajstić information content (AvgIpc) is 2.46. The third kappa shape index (κ3) is 3.28. The molecule has 0 amide bonds. The first kappa shape index (κ1) is 14.4. The highest BCUT2D eigenvalue weighted by atomic mass is 79.9. The van der Waals surface area contributed by atoms with Crippen LogP contribution >= 0.6 is 27.5 Å². The summed E-state index contributed by atoms with van der Waals surface area (Å²) in [5.74, 6) is 1.02. The Morgan fingerprint density at radius 2 is 1.84 bits per heavy atom. The molecule has 0 aliphatic heterocycles. The third-order valence-corrected chi connectivity index (χ3v) is 4.41. The average molecular weight is 341 g/mol. The molecule has 0 aliphatic rings. The number of hydrogen-bond donors (Lipinski definition) is 0. The second-order valence-corrected chi connectivity index (χ2v) is 5.69. The van der Waals surface area contributed by atoms with Crippen molar-refractivity contribution in [3.05, 3.63) is 58.3 Å². The van der Waals surface area contributed by atoms with Crippen LogP contribution in [0, 0.1) is 0 Å². The fourth-order valence-electron chi connectivity index (χ4n) is 1.98. The quantitative estimate of drug-likeness (QED) is 0.736. The predicted octanol–water partition coefficient (Wildman–Crippen LogP) is 4.94. The van der Waals surface area contributed by atoms with Gasteiger partial charge in [0.2, 0.25) is 0 Å². The molecule has 0 spiro atoms. The van der Waals surface area contributed by atoms with Gasteiger partial charge in [-0.3, -0.25) is 4.98 Å². The van der Waals surface area contributed by atoms with Gasteiger partial charge in [0.1, 0.15) is 5.75 Å². The molecule has 2 unspecified atom stereocenters. The fourth-order valence-corrected chi connectivity index (χ4v) is 2.82. The number of rotatable bonds is 4. The molecule has 2 atom stereocenters. The van der Waals surface area contributed by atoms with Crippen molar-refractivity contribution in [1.29, 1.82) is 0 Å². The minimum absolute atomic E-state index is 0.0930. The van der Waals surface area contributed by atoms with Crippen molar-refractivity contribution < 1.29 is 4.74 Å². The van der Waals surface area contributed by atoms with E-state index in [1.165, 1.54) is 5.56 Å². The molecule has 2 aromatic rings. The van der Waals surface area contributed by atoms with Crippen LogP contribution in [-0.4, -0.2) is 12.1 Å². The zero-order chi connectivity index (χ0) is 13.8. The number of aromatic nitrogens is 1.